The Bertz CT molecular complexity index is 998. The van der Waals surface area contributed by atoms with Crippen LogP contribution in [0.3, 0.4) is 0 Å². The molecule has 0 saturated carbocycles. The van der Waals surface area contributed by atoms with Crippen molar-refractivity contribution in [3.63, 3.8) is 0 Å². The zero-order valence-corrected chi connectivity index (χ0v) is 16.3. The van der Waals surface area contributed by atoms with Gasteiger partial charge in [0.2, 0.25) is 0 Å². The van der Waals surface area contributed by atoms with Crippen molar-refractivity contribution < 1.29 is 17.6 Å². The molecule has 1 unspecified atom stereocenters. The van der Waals surface area contributed by atoms with Crippen LogP contribution in [0, 0.1) is 0 Å². The molecule has 3 aromatic rings. The first-order chi connectivity index (χ1) is 13.4. The van der Waals surface area contributed by atoms with E-state index in [9.17, 15) is 13.2 Å². The Balaban J connectivity index is 1.59. The maximum atomic E-state index is 12.4. The summed E-state index contributed by atoms with van der Waals surface area (Å²) in [7, 11) is -3.70. The minimum atomic E-state index is -3.70. The van der Waals surface area contributed by atoms with E-state index in [1.807, 2.05) is 19.1 Å². The van der Waals surface area contributed by atoms with Crippen LogP contribution < -0.4 is 10.0 Å². The van der Waals surface area contributed by atoms with Gasteiger partial charge in [0.25, 0.3) is 15.9 Å². The van der Waals surface area contributed by atoms with Crippen molar-refractivity contribution in [2.75, 3.05) is 4.72 Å². The Kier molecular flexibility index (Phi) is 6.16. The van der Waals surface area contributed by atoms with Crippen LogP contribution in [0.5, 0.6) is 0 Å². The molecule has 0 spiro atoms. The molecule has 1 amide bonds. The van der Waals surface area contributed by atoms with Crippen LogP contribution in [0.1, 0.15) is 29.5 Å². The lowest BCUT2D eigenvalue weighted by atomic mass is 10.1. The number of carbonyl (C=O) groups is 1. The van der Waals surface area contributed by atoms with Gasteiger partial charge in [0.1, 0.15) is 5.76 Å². The summed E-state index contributed by atoms with van der Waals surface area (Å²) in [6.07, 6.45) is 3.10. The Morgan fingerprint density at radius 3 is 2.36 bits per heavy atom. The van der Waals surface area contributed by atoms with E-state index in [1.54, 1.807) is 36.6 Å². The molecule has 3 rings (SSSR count). The molecular formula is C21H22N2O4S. The van der Waals surface area contributed by atoms with Crippen LogP contribution in [-0.2, 0) is 16.4 Å². The number of amides is 1. The van der Waals surface area contributed by atoms with Gasteiger partial charge >= 0.3 is 0 Å². The largest absolute Gasteiger partial charge is 0.469 e. The summed E-state index contributed by atoms with van der Waals surface area (Å²) in [6, 6.07) is 18.2. The van der Waals surface area contributed by atoms with E-state index in [-0.39, 0.29) is 16.8 Å². The van der Waals surface area contributed by atoms with E-state index in [2.05, 4.69) is 10.0 Å². The topological polar surface area (TPSA) is 88.4 Å². The number of aryl methyl sites for hydroxylation is 1. The summed E-state index contributed by atoms with van der Waals surface area (Å²) in [4.78, 5) is 12.5. The van der Waals surface area contributed by atoms with Crippen molar-refractivity contribution in [3.05, 3.63) is 84.3 Å². The lowest BCUT2D eigenvalue weighted by Gasteiger charge is -2.13. The highest BCUT2D eigenvalue weighted by molar-refractivity contribution is 7.92. The van der Waals surface area contributed by atoms with Crippen LogP contribution in [0.25, 0.3) is 0 Å². The molecule has 1 aromatic heterocycles. The highest BCUT2D eigenvalue weighted by Crippen LogP contribution is 2.16. The van der Waals surface area contributed by atoms with E-state index in [1.165, 1.54) is 24.3 Å². The fraction of sp³-hybridized carbons (Fsp3) is 0.190. The van der Waals surface area contributed by atoms with E-state index in [4.69, 9.17) is 4.42 Å². The predicted octanol–water partition coefficient (Wildman–Crippen LogP) is 3.83. The maximum Gasteiger partial charge on any atom is 0.261 e. The predicted molar refractivity (Wildman–Crippen MR) is 108 cm³/mol. The smallest absolute Gasteiger partial charge is 0.261 e. The Morgan fingerprint density at radius 1 is 1.00 bits per heavy atom. The zero-order chi connectivity index (χ0) is 20.0. The van der Waals surface area contributed by atoms with Gasteiger partial charge in [0, 0.05) is 23.7 Å². The first-order valence-corrected chi connectivity index (χ1v) is 10.4. The summed E-state index contributed by atoms with van der Waals surface area (Å²) in [5, 5.41) is 2.91. The average molecular weight is 398 g/mol. The molecule has 0 aliphatic heterocycles. The van der Waals surface area contributed by atoms with Crippen molar-refractivity contribution in [2.24, 2.45) is 0 Å². The molecule has 28 heavy (non-hydrogen) atoms. The molecular weight excluding hydrogens is 376 g/mol. The normalized spacial score (nSPS) is 12.3. The third-order valence-corrected chi connectivity index (χ3v) is 5.63. The van der Waals surface area contributed by atoms with Gasteiger partial charge in [-0.1, -0.05) is 18.2 Å². The summed E-state index contributed by atoms with van der Waals surface area (Å²) in [5.41, 5.74) is 0.887. The molecule has 0 bridgehead atoms. The van der Waals surface area contributed by atoms with Gasteiger partial charge in [0.15, 0.2) is 0 Å². The molecule has 0 radical (unpaired) electrons. The quantitative estimate of drug-likeness (QED) is 0.604. The number of sulfonamides is 1. The van der Waals surface area contributed by atoms with E-state index in [0.717, 1.165) is 18.6 Å². The zero-order valence-electron chi connectivity index (χ0n) is 15.5. The summed E-state index contributed by atoms with van der Waals surface area (Å²) in [6.45, 7) is 1.92. The van der Waals surface area contributed by atoms with Gasteiger partial charge in [-0.15, -0.1) is 0 Å². The Morgan fingerprint density at radius 2 is 1.71 bits per heavy atom. The number of rotatable bonds is 8. The minimum Gasteiger partial charge on any atom is -0.469 e. The molecule has 7 heteroatoms. The number of hydrogen-bond acceptors (Lipinski definition) is 4. The second kappa shape index (κ2) is 8.75. The fourth-order valence-corrected chi connectivity index (χ4v) is 3.76. The number of benzene rings is 2. The molecule has 2 N–H and O–H groups in total. The maximum absolute atomic E-state index is 12.4. The number of para-hydroxylation sites is 1. The first-order valence-electron chi connectivity index (χ1n) is 8.95. The molecule has 0 fully saturated rings. The van der Waals surface area contributed by atoms with Crippen molar-refractivity contribution in [2.45, 2.75) is 30.7 Å². The molecule has 1 heterocycles. The summed E-state index contributed by atoms with van der Waals surface area (Å²) >= 11 is 0. The molecule has 6 nitrogen and oxygen atoms in total. The number of nitrogens with one attached hydrogen (secondary N) is 2. The van der Waals surface area contributed by atoms with Crippen LogP contribution in [0.4, 0.5) is 5.69 Å². The van der Waals surface area contributed by atoms with Crippen molar-refractivity contribution in [1.29, 1.82) is 0 Å². The van der Waals surface area contributed by atoms with Gasteiger partial charge in [0.05, 0.1) is 11.2 Å². The Hall–Kier alpha value is -3.06. The number of anilines is 1. The molecule has 0 aliphatic carbocycles. The average Bonchev–Trinajstić information content (AvgIpc) is 3.20. The molecule has 2 aromatic carbocycles. The molecule has 0 aliphatic rings. The van der Waals surface area contributed by atoms with Gasteiger partial charge in [-0.3, -0.25) is 9.52 Å². The van der Waals surface area contributed by atoms with Gasteiger partial charge in [-0.05, 0) is 61.9 Å². The monoisotopic (exact) mass is 398 g/mol. The van der Waals surface area contributed by atoms with Crippen molar-refractivity contribution in [3.8, 4) is 0 Å². The molecule has 146 valence electrons. The van der Waals surface area contributed by atoms with Crippen molar-refractivity contribution in [1.82, 2.24) is 5.32 Å². The van der Waals surface area contributed by atoms with Crippen LogP contribution >= 0.6 is 0 Å². The van der Waals surface area contributed by atoms with Gasteiger partial charge in [-0.25, -0.2) is 8.42 Å². The second-order valence-electron chi connectivity index (χ2n) is 6.49. The molecule has 1 atom stereocenters. The number of carbonyl (C=O) groups excluding carboxylic acids is 1. The first kappa shape index (κ1) is 19.7. The van der Waals surface area contributed by atoms with Crippen LogP contribution in [0.15, 0.2) is 82.3 Å². The summed E-state index contributed by atoms with van der Waals surface area (Å²) in [5.74, 6) is 0.633. The third kappa shape index (κ3) is 5.23. The van der Waals surface area contributed by atoms with Crippen LogP contribution in [0.2, 0.25) is 0 Å². The van der Waals surface area contributed by atoms with E-state index < -0.39 is 10.0 Å². The lowest BCUT2D eigenvalue weighted by Crippen LogP contribution is -2.32. The van der Waals surface area contributed by atoms with E-state index in [0.29, 0.717) is 11.3 Å². The Labute approximate surface area is 164 Å². The van der Waals surface area contributed by atoms with Crippen LogP contribution in [-0.4, -0.2) is 20.4 Å². The van der Waals surface area contributed by atoms with Gasteiger partial charge in [-0.2, -0.15) is 0 Å². The molecule has 0 saturated heterocycles. The summed E-state index contributed by atoms with van der Waals surface area (Å²) < 4.78 is 32.7. The number of furan rings is 1. The van der Waals surface area contributed by atoms with Gasteiger partial charge < -0.3 is 9.73 Å². The van der Waals surface area contributed by atoms with E-state index >= 15 is 0 Å². The SMILES string of the molecule is CC(CCc1ccco1)NC(=O)c1ccc(S(=O)(=O)Nc2ccccc2)cc1. The van der Waals surface area contributed by atoms with Crippen molar-refractivity contribution >= 4 is 21.6 Å². The fourth-order valence-electron chi connectivity index (χ4n) is 2.70. The number of hydrogen-bond donors (Lipinski definition) is 2. The third-order valence-electron chi connectivity index (χ3n) is 4.23. The standard InChI is InChI=1S/C21H22N2O4S/c1-16(9-12-19-8-5-15-27-19)22-21(24)17-10-13-20(14-11-17)28(25,26)23-18-6-3-2-4-7-18/h2-8,10-11,13-16,23H,9,12H2,1H3,(H,22,24). The highest BCUT2D eigenvalue weighted by Gasteiger charge is 2.16. The second-order valence-corrected chi connectivity index (χ2v) is 8.17. The highest BCUT2D eigenvalue weighted by atomic mass is 32.2. The lowest BCUT2D eigenvalue weighted by molar-refractivity contribution is 0.0938. The minimum absolute atomic E-state index is 0.0410.